The van der Waals surface area contributed by atoms with Gasteiger partial charge in [0, 0.05) is 35.5 Å². The van der Waals surface area contributed by atoms with Crippen LogP contribution in [0.4, 0.5) is 5.69 Å². The SMILES string of the molecule is CC(=O)Nc1ccc(O)cc1.COc1ccc2c3c1OC1C(O)C=CC4C(C2)N(C)CCC341.O=P(O)(O)O. The second kappa shape index (κ2) is 10.7. The van der Waals surface area contributed by atoms with Crippen LogP contribution in [0.25, 0.3) is 0 Å². The van der Waals surface area contributed by atoms with Crippen LogP contribution >= 0.6 is 7.82 Å². The van der Waals surface area contributed by atoms with Crippen molar-refractivity contribution in [2.24, 2.45) is 5.92 Å². The maximum absolute atomic E-state index is 10.6. The number of nitrogens with one attached hydrogen (secondary N) is 1. The predicted octanol–water partition coefficient (Wildman–Crippen LogP) is 1.92. The molecule has 0 aromatic heterocycles. The van der Waals surface area contributed by atoms with Gasteiger partial charge in [0.15, 0.2) is 11.5 Å². The molecule has 6 N–H and O–H groups in total. The van der Waals surface area contributed by atoms with Crippen LogP contribution in [0.5, 0.6) is 17.2 Å². The molecule has 1 spiro atoms. The third kappa shape index (κ3) is 5.44. The number of rotatable bonds is 2. The van der Waals surface area contributed by atoms with Gasteiger partial charge in [0.05, 0.1) is 7.11 Å². The molecular weight excluding hydrogens is 515 g/mol. The van der Waals surface area contributed by atoms with Gasteiger partial charge in [0.25, 0.3) is 0 Å². The van der Waals surface area contributed by atoms with Gasteiger partial charge in [-0.2, -0.15) is 0 Å². The van der Waals surface area contributed by atoms with Crippen LogP contribution in [-0.2, 0) is 21.2 Å². The van der Waals surface area contributed by atoms with Crippen molar-refractivity contribution >= 4 is 19.4 Å². The fourth-order valence-corrected chi connectivity index (χ4v) is 6.14. The molecule has 2 aliphatic heterocycles. The Morgan fingerprint density at radius 1 is 1.16 bits per heavy atom. The molecule has 38 heavy (non-hydrogen) atoms. The van der Waals surface area contributed by atoms with E-state index in [1.54, 1.807) is 19.2 Å². The first-order valence-corrected chi connectivity index (χ1v) is 13.7. The van der Waals surface area contributed by atoms with Gasteiger partial charge in [0.1, 0.15) is 18.0 Å². The molecule has 1 saturated heterocycles. The van der Waals surface area contributed by atoms with Crippen molar-refractivity contribution in [2.75, 3.05) is 26.0 Å². The van der Waals surface area contributed by atoms with Gasteiger partial charge in [-0.15, -0.1) is 0 Å². The van der Waals surface area contributed by atoms with Crippen molar-refractivity contribution in [3.63, 3.8) is 0 Å². The van der Waals surface area contributed by atoms with Crippen molar-refractivity contribution in [3.05, 3.63) is 59.7 Å². The lowest BCUT2D eigenvalue weighted by atomic mass is 9.53. The van der Waals surface area contributed by atoms with E-state index in [1.807, 2.05) is 12.1 Å². The fourth-order valence-electron chi connectivity index (χ4n) is 6.14. The molecule has 4 aliphatic rings. The highest BCUT2D eigenvalue weighted by Gasteiger charge is 2.64. The summed E-state index contributed by atoms with van der Waals surface area (Å²) in [6, 6.07) is 11.0. The Hall–Kier alpha value is -2.92. The largest absolute Gasteiger partial charge is 0.508 e. The average Bonchev–Trinajstić information content (AvgIpc) is 3.19. The Labute approximate surface area is 220 Å². The molecule has 5 atom stereocenters. The van der Waals surface area contributed by atoms with Crippen molar-refractivity contribution < 1.29 is 43.7 Å². The number of methoxy groups -OCH3 is 1. The van der Waals surface area contributed by atoms with Crippen LogP contribution in [0, 0.1) is 5.92 Å². The predicted molar refractivity (Wildman–Crippen MR) is 139 cm³/mol. The summed E-state index contributed by atoms with van der Waals surface area (Å²) in [6.07, 6.45) is 5.54. The number of aliphatic hydroxyl groups is 1. The molecule has 2 aromatic rings. The number of nitrogens with zero attached hydrogens (tertiary/aromatic N) is 1. The lowest BCUT2D eigenvalue weighted by Gasteiger charge is -2.56. The zero-order chi connectivity index (χ0) is 27.8. The van der Waals surface area contributed by atoms with Crippen LogP contribution in [0.3, 0.4) is 0 Å². The highest BCUT2D eigenvalue weighted by Crippen LogP contribution is 2.62. The molecule has 2 bridgehead atoms. The number of anilines is 1. The number of aromatic hydroxyl groups is 1. The Balaban J connectivity index is 0.000000177. The topological polar surface area (TPSA) is 169 Å². The number of hydrogen-bond acceptors (Lipinski definition) is 7. The number of likely N-dealkylation sites (tertiary alicyclic amines) is 1. The monoisotopic (exact) mass is 548 g/mol. The first-order chi connectivity index (χ1) is 17.8. The molecule has 2 heterocycles. The molecule has 11 nitrogen and oxygen atoms in total. The number of phenolic OH excluding ortho intramolecular Hbond substituents is 1. The first-order valence-electron chi connectivity index (χ1n) is 12.1. The van der Waals surface area contributed by atoms with E-state index in [9.17, 15) is 9.90 Å². The number of aliphatic hydroxyl groups excluding tert-OH is 1. The van der Waals surface area contributed by atoms with Crippen LogP contribution in [-0.4, -0.2) is 74.7 Å². The molecule has 12 heteroatoms. The number of benzene rings is 2. The number of ether oxygens (including phenoxy) is 2. The Bertz CT molecular complexity index is 1250. The molecule has 1 amide bonds. The van der Waals surface area contributed by atoms with E-state index in [0.29, 0.717) is 17.6 Å². The van der Waals surface area contributed by atoms with Gasteiger partial charge in [-0.3, -0.25) is 4.79 Å². The number of phenols is 1. The molecule has 1 fully saturated rings. The molecule has 2 aromatic carbocycles. The number of amides is 1. The van der Waals surface area contributed by atoms with Gasteiger partial charge in [-0.25, -0.2) is 4.57 Å². The van der Waals surface area contributed by atoms with Gasteiger partial charge >= 0.3 is 7.82 Å². The molecule has 2 aliphatic carbocycles. The van der Waals surface area contributed by atoms with Gasteiger partial charge < -0.3 is 44.6 Å². The molecule has 6 rings (SSSR count). The van der Waals surface area contributed by atoms with E-state index in [2.05, 4.69) is 29.4 Å². The minimum Gasteiger partial charge on any atom is -0.508 e. The van der Waals surface area contributed by atoms with Crippen molar-refractivity contribution in [3.8, 4) is 17.2 Å². The zero-order valence-electron chi connectivity index (χ0n) is 21.3. The maximum atomic E-state index is 10.6. The quantitative estimate of drug-likeness (QED) is 0.185. The number of likely N-dealkylation sites (N-methyl/N-ethyl adjacent to an activating group) is 1. The summed E-state index contributed by atoms with van der Waals surface area (Å²) < 4.78 is 20.7. The molecule has 0 radical (unpaired) electrons. The molecule has 5 unspecified atom stereocenters. The fraction of sp³-hybridized carbons (Fsp3) is 0.423. The number of piperidine rings is 1. The third-order valence-electron chi connectivity index (χ3n) is 7.54. The average molecular weight is 549 g/mol. The summed E-state index contributed by atoms with van der Waals surface area (Å²) in [4.78, 5) is 34.6. The van der Waals surface area contributed by atoms with Gasteiger partial charge in [-0.05, 0) is 62.3 Å². The van der Waals surface area contributed by atoms with E-state index in [4.69, 9.17) is 33.8 Å². The summed E-state index contributed by atoms with van der Waals surface area (Å²) in [7, 11) is -0.732. The standard InChI is InChI=1S/C18H21NO3.C8H9NO2.H3O4P/c1-19-8-7-18-11-4-5-13(20)17(18)22-16-14(21-2)6-3-10(15(16)18)9-12(11)19;1-6(10)9-7-2-4-8(11)5-3-7;1-5(2,3)4/h3-6,11-13,17,20H,7-9H2,1-2H3;2-5,11H,1H3,(H,9,10);(H3,1,2,3,4). The summed E-state index contributed by atoms with van der Waals surface area (Å²) in [5.41, 5.74) is 3.29. The minimum absolute atomic E-state index is 0.0806. The minimum atomic E-state index is -4.64. The summed E-state index contributed by atoms with van der Waals surface area (Å²) >= 11 is 0. The zero-order valence-corrected chi connectivity index (χ0v) is 22.2. The van der Waals surface area contributed by atoms with E-state index in [0.717, 1.165) is 30.9 Å². The van der Waals surface area contributed by atoms with Crippen LogP contribution in [0.2, 0.25) is 0 Å². The lowest BCUT2D eigenvalue weighted by molar-refractivity contribution is -0.114. The second-order valence-corrected chi connectivity index (χ2v) is 10.9. The number of phosphoric acid groups is 1. The maximum Gasteiger partial charge on any atom is 0.466 e. The second-order valence-electron chi connectivity index (χ2n) is 9.85. The van der Waals surface area contributed by atoms with E-state index >= 15 is 0 Å². The van der Waals surface area contributed by atoms with Gasteiger partial charge in [0.2, 0.25) is 5.91 Å². The highest BCUT2D eigenvalue weighted by molar-refractivity contribution is 7.45. The summed E-state index contributed by atoms with van der Waals surface area (Å²) in [5.74, 6) is 2.17. The van der Waals surface area contributed by atoms with Crippen molar-refractivity contribution in [1.82, 2.24) is 4.90 Å². The molecular formula is C26H33N2O9P. The normalized spacial score (nSPS) is 28.0. The van der Waals surface area contributed by atoms with E-state index < -0.39 is 13.9 Å². The summed E-state index contributed by atoms with van der Waals surface area (Å²) in [5, 5.41) is 22.0. The molecule has 206 valence electrons. The van der Waals surface area contributed by atoms with E-state index in [-0.39, 0.29) is 23.2 Å². The number of hydrogen-bond donors (Lipinski definition) is 6. The van der Waals surface area contributed by atoms with Crippen LogP contribution in [0.1, 0.15) is 24.5 Å². The third-order valence-corrected chi connectivity index (χ3v) is 7.54. The molecule has 0 saturated carbocycles. The number of carbonyl (C=O) groups excluding carboxylic acids is 1. The van der Waals surface area contributed by atoms with Crippen molar-refractivity contribution in [1.29, 1.82) is 0 Å². The van der Waals surface area contributed by atoms with Crippen LogP contribution < -0.4 is 14.8 Å². The Kier molecular flexibility index (Phi) is 7.90. The lowest BCUT2D eigenvalue weighted by Crippen LogP contribution is -2.64. The smallest absolute Gasteiger partial charge is 0.466 e. The Morgan fingerprint density at radius 3 is 2.42 bits per heavy atom. The van der Waals surface area contributed by atoms with E-state index in [1.165, 1.54) is 30.2 Å². The number of carbonyl (C=O) groups is 1. The van der Waals surface area contributed by atoms with Crippen molar-refractivity contribution in [2.45, 2.75) is 43.4 Å². The highest BCUT2D eigenvalue weighted by atomic mass is 31.2. The van der Waals surface area contributed by atoms with Crippen LogP contribution in [0.15, 0.2) is 48.6 Å². The Morgan fingerprint density at radius 2 is 1.82 bits per heavy atom. The first kappa shape index (κ1) is 28.1. The summed E-state index contributed by atoms with van der Waals surface area (Å²) in [6.45, 7) is 2.49. The van der Waals surface area contributed by atoms with Gasteiger partial charge in [-0.1, -0.05) is 18.2 Å².